The maximum atomic E-state index is 13.2. The molecule has 15 nitrogen and oxygen atoms in total. The van der Waals surface area contributed by atoms with Crippen molar-refractivity contribution in [1.29, 1.82) is 0 Å². The van der Waals surface area contributed by atoms with Gasteiger partial charge in [-0.25, -0.2) is 0 Å². The van der Waals surface area contributed by atoms with E-state index in [1.165, 1.54) is 45.2 Å². The van der Waals surface area contributed by atoms with Crippen molar-refractivity contribution in [2.45, 2.75) is 31.5 Å². The first-order valence-corrected chi connectivity index (χ1v) is 16.2. The Morgan fingerprint density at radius 3 is 1.81 bits per heavy atom. The molecule has 0 aliphatic carbocycles. The number of nitrogens with zero attached hydrogens (tertiary/aromatic N) is 5. The van der Waals surface area contributed by atoms with Gasteiger partial charge in [0, 0.05) is 91.2 Å². The number of aromatic nitrogens is 1. The van der Waals surface area contributed by atoms with Crippen molar-refractivity contribution < 1.29 is 57.6 Å². The number of carbonyl (C=O) groups is 5. The predicted molar refractivity (Wildman–Crippen MR) is 173 cm³/mol. The zero-order valence-corrected chi connectivity index (χ0v) is 30.8. The van der Waals surface area contributed by atoms with Crippen LogP contribution < -0.4 is 20.6 Å². The Hall–Kier alpha value is -4.01. The Kier molecular flexibility index (Phi) is 18.3. The Bertz CT molecular complexity index is 1490. The van der Waals surface area contributed by atoms with Crippen molar-refractivity contribution >= 4 is 49.6 Å². The summed E-state index contributed by atoms with van der Waals surface area (Å²) in [5.74, 6) is -5.86. The summed E-state index contributed by atoms with van der Waals surface area (Å²) in [5.41, 5.74) is -0.126. The molecule has 52 heavy (non-hydrogen) atoms. The van der Waals surface area contributed by atoms with Gasteiger partial charge in [-0.05, 0) is 36.6 Å². The molecule has 2 N–H and O–H groups in total. The fraction of sp³-hybridized carbons (Fsp3) is 0.515. The quantitative estimate of drug-likeness (QED) is 0.134. The average Bonchev–Trinajstić information content (AvgIpc) is 3.04. The largest absolute Gasteiger partial charge is 3.00 e. The number of nitrogens with one attached hydrogen (secondary N) is 1. The number of pyridine rings is 1. The molecule has 280 valence electrons. The van der Waals surface area contributed by atoms with Crippen molar-refractivity contribution in [2.75, 3.05) is 78.5 Å². The normalized spacial score (nSPS) is 16.4. The Morgan fingerprint density at radius 2 is 1.33 bits per heavy atom. The molecule has 1 aliphatic rings. The number of halogens is 3. The Morgan fingerprint density at radius 1 is 0.808 bits per heavy atom. The van der Waals surface area contributed by atoms with Crippen LogP contribution in [0.25, 0.3) is 0 Å². The van der Waals surface area contributed by atoms with E-state index in [2.05, 4.69) is 10.3 Å². The number of amides is 1. The summed E-state index contributed by atoms with van der Waals surface area (Å²) in [5, 5.41) is 47.0. The maximum absolute atomic E-state index is 13.2. The van der Waals surface area contributed by atoms with E-state index in [0.29, 0.717) is 5.56 Å². The van der Waals surface area contributed by atoms with Crippen molar-refractivity contribution in [3.05, 3.63) is 65.0 Å². The minimum absolute atomic E-state index is 0. The first kappa shape index (κ1) is 44.1. The molecule has 0 saturated carbocycles. The predicted octanol–water partition coefficient (Wildman–Crippen LogP) is -3.26. The van der Waals surface area contributed by atoms with Crippen LogP contribution in [0, 0.1) is 0 Å². The molecule has 0 spiro atoms. The van der Waals surface area contributed by atoms with Gasteiger partial charge in [-0.3, -0.25) is 34.2 Å². The van der Waals surface area contributed by atoms with Gasteiger partial charge in [-0.2, -0.15) is 13.2 Å². The van der Waals surface area contributed by atoms with Crippen molar-refractivity contribution in [1.82, 2.24) is 29.9 Å². The summed E-state index contributed by atoms with van der Waals surface area (Å²) in [4.78, 5) is 70.0. The second-order valence-electron chi connectivity index (χ2n) is 12.1. The van der Waals surface area contributed by atoms with Crippen LogP contribution in [0.3, 0.4) is 0 Å². The van der Waals surface area contributed by atoms with Crippen LogP contribution >= 0.6 is 0 Å². The number of aliphatic carboxylic acids is 4. The van der Waals surface area contributed by atoms with Crippen LogP contribution in [0.1, 0.15) is 40.0 Å². The third-order valence-electron chi connectivity index (χ3n) is 8.36. The van der Waals surface area contributed by atoms with E-state index in [1.807, 2.05) is 0 Å². The number of benzene rings is 1. The second-order valence-corrected chi connectivity index (χ2v) is 12.1. The van der Waals surface area contributed by atoms with Gasteiger partial charge in [0.05, 0.1) is 34.7 Å². The van der Waals surface area contributed by atoms with Gasteiger partial charge in [0.2, 0.25) is 0 Å². The Labute approximate surface area is 311 Å². The van der Waals surface area contributed by atoms with Crippen LogP contribution in [0.4, 0.5) is 13.2 Å². The van der Waals surface area contributed by atoms with E-state index in [4.69, 9.17) is 0 Å². The molecular formula is C33H40F3GaN6O9. The van der Waals surface area contributed by atoms with Gasteiger partial charge in [-0.1, -0.05) is 18.2 Å². The molecule has 0 bridgehead atoms. The summed E-state index contributed by atoms with van der Waals surface area (Å²) in [6.07, 6.45) is -2.93. The molecule has 3 rings (SSSR count). The minimum atomic E-state index is -4.54. The summed E-state index contributed by atoms with van der Waals surface area (Å²) in [6, 6.07) is 6.59. The molecule has 1 amide bonds. The zero-order valence-electron chi connectivity index (χ0n) is 28.4. The molecule has 1 aromatic carbocycles. The average molecular weight is 791 g/mol. The molecule has 1 saturated heterocycles. The summed E-state index contributed by atoms with van der Waals surface area (Å²) in [6.45, 7) is -0.704. The smallest absolute Gasteiger partial charge is 0.549 e. The van der Waals surface area contributed by atoms with Crippen molar-refractivity contribution in [3.63, 3.8) is 0 Å². The van der Waals surface area contributed by atoms with Crippen LogP contribution in [0.2, 0.25) is 0 Å². The molecule has 1 atom stereocenters. The second kappa shape index (κ2) is 21.5. The third kappa shape index (κ3) is 15.3. The van der Waals surface area contributed by atoms with Crippen LogP contribution in [0.15, 0.2) is 42.6 Å². The monoisotopic (exact) mass is 790 g/mol. The number of carboxylic acids is 4. The third-order valence-corrected chi connectivity index (χ3v) is 8.36. The fourth-order valence-electron chi connectivity index (χ4n) is 5.78. The van der Waals surface area contributed by atoms with Crippen LogP contribution in [-0.4, -0.2) is 164 Å². The van der Waals surface area contributed by atoms with E-state index in [0.717, 1.165) is 12.1 Å². The molecule has 1 aromatic heterocycles. The molecule has 19 heteroatoms. The van der Waals surface area contributed by atoms with Gasteiger partial charge < -0.3 is 40.1 Å². The van der Waals surface area contributed by atoms with Crippen LogP contribution in [0.5, 0.6) is 0 Å². The van der Waals surface area contributed by atoms with Crippen molar-refractivity contribution in [3.8, 4) is 0 Å². The number of hydrogen-bond donors (Lipinski definition) is 2. The minimum Gasteiger partial charge on any atom is -0.549 e. The molecule has 0 radical (unpaired) electrons. The van der Waals surface area contributed by atoms with Gasteiger partial charge in [0.25, 0.3) is 5.91 Å². The van der Waals surface area contributed by atoms with Crippen molar-refractivity contribution in [2.24, 2.45) is 0 Å². The van der Waals surface area contributed by atoms with E-state index in [-0.39, 0.29) is 109 Å². The first-order chi connectivity index (χ1) is 24.1. The topological polar surface area (TPSA) is 213 Å². The standard InChI is InChI=1S/C33H43F3N6O9.Ga/c34-33(35,36)24-5-1-4-23(18-24)19-26-25(6-2-8-37-26)31(49)38-9-3-7-27(32(50)51)42-16-14-40(21-29(45)46)12-10-39(20-28(43)44)11-13-41(15-17-42)22-30(47)48;/h1-2,4-6,8,18,27H,3,7,9-17,19-22H2,(H,38,49)(H,43,44)(H,45,46)(H,47,48)(H,50,51);/q;+3/p-3. The first-order valence-electron chi connectivity index (χ1n) is 16.2. The number of rotatable bonds is 15. The molecule has 1 unspecified atom stereocenters. The molecule has 1 fully saturated rings. The number of hydrogen-bond acceptors (Lipinski definition) is 13. The number of carboxylic acid groups (broad SMARTS) is 4. The molecular weight excluding hydrogens is 751 g/mol. The number of alkyl halides is 3. The zero-order chi connectivity index (χ0) is 37.6. The maximum Gasteiger partial charge on any atom is 3.00 e. The SMILES string of the molecule is O=C([O-])CN1CCN(CC(=O)[O-])CCN(C(CCCNC(=O)c2cccnc2Cc2cccc(C(F)(F)F)c2)C(=O)O)CCN(CC(=O)[O-])CC1.[Ga+3]. The molecule has 1 aliphatic heterocycles. The van der Waals surface area contributed by atoms with E-state index < -0.39 is 67.2 Å². The summed E-state index contributed by atoms with van der Waals surface area (Å²) >= 11 is 0. The van der Waals surface area contributed by atoms with Gasteiger partial charge in [0.15, 0.2) is 0 Å². The number of carbonyl (C=O) groups excluding carboxylic acids is 4. The summed E-state index contributed by atoms with van der Waals surface area (Å²) < 4.78 is 39.6. The van der Waals surface area contributed by atoms with Gasteiger partial charge in [0.1, 0.15) is 6.04 Å². The molecule has 2 aromatic rings. The van der Waals surface area contributed by atoms with E-state index in [1.54, 1.807) is 4.90 Å². The van der Waals surface area contributed by atoms with Crippen LogP contribution in [-0.2, 0) is 31.8 Å². The van der Waals surface area contributed by atoms with E-state index >= 15 is 0 Å². The van der Waals surface area contributed by atoms with Gasteiger partial charge in [-0.15, -0.1) is 0 Å². The van der Waals surface area contributed by atoms with E-state index in [9.17, 15) is 57.6 Å². The summed E-state index contributed by atoms with van der Waals surface area (Å²) in [7, 11) is 0. The Balaban J connectivity index is 0.00000936. The molecule has 2 heterocycles. The fourth-order valence-corrected chi connectivity index (χ4v) is 5.78. The van der Waals surface area contributed by atoms with Gasteiger partial charge >= 0.3 is 31.9 Å².